The van der Waals surface area contributed by atoms with E-state index < -0.39 is 0 Å². The number of H-pyrrole nitrogens is 1. The zero-order valence-corrected chi connectivity index (χ0v) is 12.4. The van der Waals surface area contributed by atoms with Crippen LogP contribution in [0.25, 0.3) is 0 Å². The summed E-state index contributed by atoms with van der Waals surface area (Å²) in [6.07, 6.45) is 1.50. The van der Waals surface area contributed by atoms with Crippen LogP contribution in [0.15, 0.2) is 24.4 Å². The molecule has 0 atom stereocenters. The molecule has 2 aromatic rings. The van der Waals surface area contributed by atoms with Gasteiger partial charge in [0.05, 0.1) is 11.9 Å². The van der Waals surface area contributed by atoms with Crippen LogP contribution < -0.4 is 11.1 Å². The summed E-state index contributed by atoms with van der Waals surface area (Å²) in [5, 5.41) is 9.60. The number of aromatic amines is 1. The van der Waals surface area contributed by atoms with Gasteiger partial charge in [-0.3, -0.25) is 9.89 Å². The summed E-state index contributed by atoms with van der Waals surface area (Å²) in [7, 11) is 0. The summed E-state index contributed by atoms with van der Waals surface area (Å²) in [5.41, 5.74) is 7.25. The first-order chi connectivity index (χ1) is 8.86. The minimum absolute atomic E-state index is 0. The molecular formula is C13H18ClN5O. The highest BCUT2D eigenvalue weighted by atomic mass is 35.5. The fourth-order valence-electron chi connectivity index (χ4n) is 1.50. The molecule has 4 N–H and O–H groups in total. The van der Waals surface area contributed by atoms with Crippen LogP contribution >= 0.6 is 12.4 Å². The average Bonchev–Trinajstić information content (AvgIpc) is 2.81. The average molecular weight is 296 g/mol. The number of carbonyl (C=O) groups is 1. The summed E-state index contributed by atoms with van der Waals surface area (Å²) in [6.45, 7) is 6.14. The molecule has 0 saturated carbocycles. The maximum atomic E-state index is 12.0. The highest BCUT2D eigenvalue weighted by Crippen LogP contribution is 2.20. The number of carbonyl (C=O) groups excluding carboxylic acids is 1. The molecule has 2 heterocycles. The van der Waals surface area contributed by atoms with Crippen LogP contribution in [0.3, 0.4) is 0 Å². The van der Waals surface area contributed by atoms with Crippen molar-refractivity contribution >= 4 is 29.8 Å². The molecule has 0 spiro atoms. The van der Waals surface area contributed by atoms with Gasteiger partial charge in [-0.25, -0.2) is 4.98 Å². The molecule has 20 heavy (non-hydrogen) atoms. The lowest BCUT2D eigenvalue weighted by molar-refractivity contribution is 0.102. The number of hydrogen-bond donors (Lipinski definition) is 3. The van der Waals surface area contributed by atoms with E-state index in [0.29, 0.717) is 17.2 Å². The lowest BCUT2D eigenvalue weighted by atomic mass is 9.92. The fourth-order valence-corrected chi connectivity index (χ4v) is 1.50. The van der Waals surface area contributed by atoms with Gasteiger partial charge in [-0.2, -0.15) is 5.10 Å². The van der Waals surface area contributed by atoms with E-state index in [-0.39, 0.29) is 23.7 Å². The Labute approximate surface area is 123 Å². The molecule has 0 radical (unpaired) electrons. The summed E-state index contributed by atoms with van der Waals surface area (Å²) in [4.78, 5) is 15.9. The van der Waals surface area contributed by atoms with E-state index in [1.165, 1.54) is 6.20 Å². The lowest BCUT2D eigenvalue weighted by Crippen LogP contribution is -2.13. The number of nitrogens with zero attached hydrogens (tertiary/aromatic N) is 2. The zero-order valence-electron chi connectivity index (χ0n) is 11.6. The Balaban J connectivity index is 0.00000200. The summed E-state index contributed by atoms with van der Waals surface area (Å²) in [5.74, 6) is 0.131. The second-order valence-corrected chi connectivity index (χ2v) is 5.34. The monoisotopic (exact) mass is 295 g/mol. The Hall–Kier alpha value is -2.08. The number of aromatic nitrogens is 3. The molecule has 7 heteroatoms. The number of anilines is 2. The van der Waals surface area contributed by atoms with Gasteiger partial charge in [-0.1, -0.05) is 20.8 Å². The van der Waals surface area contributed by atoms with Gasteiger partial charge in [0, 0.05) is 11.1 Å². The highest BCUT2D eigenvalue weighted by molar-refractivity contribution is 6.02. The first kappa shape index (κ1) is 16.0. The number of nitrogen functional groups attached to an aromatic ring is 1. The van der Waals surface area contributed by atoms with E-state index in [2.05, 4.69) is 20.5 Å². The molecule has 108 valence electrons. The molecule has 0 aliphatic carbocycles. The number of halogens is 1. The molecule has 2 aromatic heterocycles. The van der Waals surface area contributed by atoms with Crippen molar-refractivity contribution < 1.29 is 4.79 Å². The Morgan fingerprint density at radius 2 is 2.05 bits per heavy atom. The van der Waals surface area contributed by atoms with Crippen LogP contribution in [0.4, 0.5) is 11.5 Å². The van der Waals surface area contributed by atoms with Gasteiger partial charge in [0.1, 0.15) is 5.82 Å². The molecule has 0 saturated heterocycles. The van der Waals surface area contributed by atoms with Crippen LogP contribution in [0.2, 0.25) is 0 Å². The van der Waals surface area contributed by atoms with Gasteiger partial charge in [0.25, 0.3) is 5.91 Å². The predicted octanol–water partition coefficient (Wildman–Crippen LogP) is 2.36. The van der Waals surface area contributed by atoms with E-state index >= 15 is 0 Å². The van der Waals surface area contributed by atoms with Gasteiger partial charge in [0.2, 0.25) is 0 Å². The smallest absolute Gasteiger partial charge is 0.276 e. The Morgan fingerprint density at radius 1 is 1.35 bits per heavy atom. The highest BCUT2D eigenvalue weighted by Gasteiger charge is 2.19. The molecule has 0 unspecified atom stereocenters. The first-order valence-corrected chi connectivity index (χ1v) is 5.95. The van der Waals surface area contributed by atoms with Gasteiger partial charge >= 0.3 is 0 Å². The molecule has 2 rings (SSSR count). The van der Waals surface area contributed by atoms with Crippen molar-refractivity contribution in [3.8, 4) is 0 Å². The molecule has 0 aliphatic rings. The van der Waals surface area contributed by atoms with E-state index in [1.807, 2.05) is 20.8 Å². The molecule has 0 aliphatic heterocycles. The molecule has 0 fully saturated rings. The van der Waals surface area contributed by atoms with Crippen molar-refractivity contribution in [2.24, 2.45) is 0 Å². The maximum absolute atomic E-state index is 12.0. The minimum atomic E-state index is -0.279. The number of rotatable bonds is 2. The standard InChI is InChI=1S/C13H17N5O.ClH/c1-13(2,3)10-6-9(17-18-10)12(19)16-8-4-5-11(14)15-7-8;/h4-7H,1-3H3,(H2,14,15)(H,16,19)(H,17,18);1H. The predicted molar refractivity (Wildman–Crippen MR) is 81.1 cm³/mol. The van der Waals surface area contributed by atoms with Crippen molar-refractivity contribution in [2.45, 2.75) is 26.2 Å². The summed E-state index contributed by atoms with van der Waals surface area (Å²) >= 11 is 0. The minimum Gasteiger partial charge on any atom is -0.384 e. The third-order valence-electron chi connectivity index (χ3n) is 2.66. The Kier molecular flexibility index (Phi) is 4.73. The van der Waals surface area contributed by atoms with Crippen molar-refractivity contribution in [3.05, 3.63) is 35.8 Å². The third-order valence-corrected chi connectivity index (χ3v) is 2.66. The first-order valence-electron chi connectivity index (χ1n) is 5.95. The summed E-state index contributed by atoms with van der Waals surface area (Å²) in [6, 6.07) is 5.07. The number of amides is 1. The van der Waals surface area contributed by atoms with E-state index in [9.17, 15) is 4.79 Å². The van der Waals surface area contributed by atoms with Crippen molar-refractivity contribution in [1.29, 1.82) is 0 Å². The van der Waals surface area contributed by atoms with Crippen molar-refractivity contribution in [1.82, 2.24) is 15.2 Å². The Bertz CT molecular complexity index is 586. The number of nitrogens with two attached hydrogens (primary N) is 1. The third kappa shape index (κ3) is 3.71. The number of hydrogen-bond acceptors (Lipinski definition) is 4. The van der Waals surface area contributed by atoms with Crippen molar-refractivity contribution in [2.75, 3.05) is 11.1 Å². The van der Waals surface area contributed by atoms with Crippen LogP contribution in [0.5, 0.6) is 0 Å². The van der Waals surface area contributed by atoms with Gasteiger partial charge in [0.15, 0.2) is 5.69 Å². The number of pyridine rings is 1. The maximum Gasteiger partial charge on any atom is 0.276 e. The molecular weight excluding hydrogens is 278 g/mol. The largest absolute Gasteiger partial charge is 0.384 e. The van der Waals surface area contributed by atoms with Crippen molar-refractivity contribution in [3.63, 3.8) is 0 Å². The molecule has 0 bridgehead atoms. The molecule has 1 amide bonds. The van der Waals surface area contributed by atoms with E-state index in [4.69, 9.17) is 5.73 Å². The lowest BCUT2D eigenvalue weighted by Gasteiger charge is -2.14. The summed E-state index contributed by atoms with van der Waals surface area (Å²) < 4.78 is 0. The quantitative estimate of drug-likeness (QED) is 0.792. The second-order valence-electron chi connectivity index (χ2n) is 5.34. The van der Waals surface area contributed by atoms with Gasteiger partial charge < -0.3 is 11.1 Å². The molecule has 0 aromatic carbocycles. The van der Waals surface area contributed by atoms with E-state index in [0.717, 1.165) is 5.69 Å². The number of nitrogens with one attached hydrogen (secondary N) is 2. The van der Waals surface area contributed by atoms with Crippen LogP contribution in [-0.4, -0.2) is 21.1 Å². The van der Waals surface area contributed by atoms with Crippen LogP contribution in [0.1, 0.15) is 37.0 Å². The molecule has 6 nitrogen and oxygen atoms in total. The zero-order chi connectivity index (χ0) is 14.0. The van der Waals surface area contributed by atoms with Gasteiger partial charge in [-0.05, 0) is 18.2 Å². The van der Waals surface area contributed by atoms with Gasteiger partial charge in [-0.15, -0.1) is 12.4 Å². The Morgan fingerprint density at radius 3 is 2.55 bits per heavy atom. The van der Waals surface area contributed by atoms with Crippen LogP contribution in [-0.2, 0) is 5.41 Å². The SMILES string of the molecule is CC(C)(C)c1cc(C(=O)Nc2ccc(N)nc2)n[nH]1.Cl. The normalized spacial score (nSPS) is 10.8. The second kappa shape index (κ2) is 5.92. The fraction of sp³-hybridized carbons (Fsp3) is 0.308. The van der Waals surface area contributed by atoms with E-state index in [1.54, 1.807) is 18.2 Å². The topological polar surface area (TPSA) is 96.7 Å². The van der Waals surface area contributed by atoms with Crippen LogP contribution in [0, 0.1) is 0 Å².